The average Bonchev–Trinajstić information content (AvgIpc) is 3.48. The van der Waals surface area contributed by atoms with Crippen molar-refractivity contribution in [3.05, 3.63) is 52.7 Å². The maximum absolute atomic E-state index is 13.3. The molecular formula is C37H52N4O5. The van der Waals surface area contributed by atoms with Crippen molar-refractivity contribution >= 4 is 11.8 Å². The highest BCUT2D eigenvalue weighted by Crippen LogP contribution is 2.44. The van der Waals surface area contributed by atoms with Crippen LogP contribution in [0.3, 0.4) is 0 Å². The third-order valence-electron chi connectivity index (χ3n) is 8.35. The molecular weight excluding hydrogens is 580 g/mol. The standard InChI is InChI=1S/C37H52N4O5/c1-7-10-19-44-32-23-33(45-20-11-8-2)31(22-30(32)25(4)5)36-34(35(40-46-36)37(43)38-9-3)28-13-14-29-24-41(18-15-27(29)21-28)17-12-16-39-26(6)42/h13-14,21-23,25H,7-12,15-20,24H2,1-6H3,(H,38,43)(H,39,42). The first-order valence-corrected chi connectivity index (χ1v) is 17.1. The van der Waals surface area contributed by atoms with Gasteiger partial charge < -0.3 is 24.6 Å². The van der Waals surface area contributed by atoms with Crippen LogP contribution < -0.4 is 20.1 Å². The van der Waals surface area contributed by atoms with Gasteiger partial charge in [-0.15, -0.1) is 0 Å². The lowest BCUT2D eigenvalue weighted by molar-refractivity contribution is -0.118. The Labute approximate surface area is 274 Å². The van der Waals surface area contributed by atoms with Gasteiger partial charge in [-0.2, -0.15) is 0 Å². The van der Waals surface area contributed by atoms with Crippen molar-refractivity contribution in [1.29, 1.82) is 0 Å². The Morgan fingerprint density at radius 1 is 0.957 bits per heavy atom. The molecule has 0 radical (unpaired) electrons. The van der Waals surface area contributed by atoms with Crippen molar-refractivity contribution in [2.24, 2.45) is 0 Å². The molecule has 9 heteroatoms. The highest BCUT2D eigenvalue weighted by Gasteiger charge is 2.29. The van der Waals surface area contributed by atoms with Crippen LogP contribution in [0.2, 0.25) is 0 Å². The first-order chi connectivity index (χ1) is 22.3. The molecule has 0 spiro atoms. The van der Waals surface area contributed by atoms with E-state index in [2.05, 4.69) is 72.7 Å². The lowest BCUT2D eigenvalue weighted by atomic mass is 9.91. The van der Waals surface area contributed by atoms with Crippen LogP contribution in [0.5, 0.6) is 11.5 Å². The highest BCUT2D eigenvalue weighted by molar-refractivity contribution is 6.02. The summed E-state index contributed by atoms with van der Waals surface area (Å²) in [5.41, 5.74) is 6.17. The summed E-state index contributed by atoms with van der Waals surface area (Å²) in [4.78, 5) is 27.0. The van der Waals surface area contributed by atoms with Crippen LogP contribution in [0.15, 0.2) is 34.9 Å². The van der Waals surface area contributed by atoms with Gasteiger partial charge in [0.05, 0.1) is 24.3 Å². The Morgan fingerprint density at radius 3 is 2.37 bits per heavy atom. The number of hydrogen-bond acceptors (Lipinski definition) is 7. The van der Waals surface area contributed by atoms with Crippen molar-refractivity contribution in [1.82, 2.24) is 20.7 Å². The number of aromatic nitrogens is 1. The second-order valence-electron chi connectivity index (χ2n) is 12.4. The Hall–Kier alpha value is -3.85. The summed E-state index contributed by atoms with van der Waals surface area (Å²) in [7, 11) is 0. The lowest BCUT2D eigenvalue weighted by Gasteiger charge is -2.29. The molecule has 0 bridgehead atoms. The highest BCUT2D eigenvalue weighted by atomic mass is 16.5. The molecule has 2 N–H and O–H groups in total. The number of rotatable bonds is 17. The largest absolute Gasteiger partial charge is 0.493 e. The normalized spacial score (nSPS) is 13.0. The van der Waals surface area contributed by atoms with E-state index in [0.29, 0.717) is 43.4 Å². The van der Waals surface area contributed by atoms with E-state index in [1.165, 1.54) is 11.1 Å². The summed E-state index contributed by atoms with van der Waals surface area (Å²) in [6.45, 7) is 17.1. The number of fused-ring (bicyclic) bond motifs is 1. The van der Waals surface area contributed by atoms with Crippen molar-refractivity contribution in [3.63, 3.8) is 0 Å². The summed E-state index contributed by atoms with van der Waals surface area (Å²) in [5, 5.41) is 10.1. The molecule has 2 heterocycles. The van der Waals surface area contributed by atoms with Gasteiger partial charge in [0, 0.05) is 45.7 Å². The zero-order valence-electron chi connectivity index (χ0n) is 28.6. The minimum absolute atomic E-state index is 0.00735. The molecule has 1 aliphatic heterocycles. The average molecular weight is 633 g/mol. The molecule has 1 aliphatic rings. The van der Waals surface area contributed by atoms with E-state index in [4.69, 9.17) is 14.0 Å². The van der Waals surface area contributed by atoms with Crippen LogP contribution in [0, 0.1) is 0 Å². The Balaban J connectivity index is 1.76. The first kappa shape index (κ1) is 35.0. The number of nitrogens with one attached hydrogen (secondary N) is 2. The van der Waals surface area contributed by atoms with E-state index in [9.17, 15) is 9.59 Å². The zero-order valence-corrected chi connectivity index (χ0v) is 28.6. The van der Waals surface area contributed by atoms with Gasteiger partial charge in [0.25, 0.3) is 5.91 Å². The molecule has 3 aromatic rings. The van der Waals surface area contributed by atoms with E-state index >= 15 is 0 Å². The minimum Gasteiger partial charge on any atom is -0.493 e. The van der Waals surface area contributed by atoms with Crippen molar-refractivity contribution in [3.8, 4) is 33.9 Å². The molecule has 0 aliphatic carbocycles. The van der Waals surface area contributed by atoms with Gasteiger partial charge in [-0.25, -0.2) is 0 Å². The van der Waals surface area contributed by atoms with Gasteiger partial charge in [0.1, 0.15) is 11.5 Å². The van der Waals surface area contributed by atoms with E-state index in [-0.39, 0.29) is 23.4 Å². The number of nitrogens with zero attached hydrogens (tertiary/aromatic N) is 2. The molecule has 0 saturated heterocycles. The van der Waals surface area contributed by atoms with E-state index < -0.39 is 0 Å². The number of ether oxygens (including phenoxy) is 2. The Morgan fingerprint density at radius 2 is 1.70 bits per heavy atom. The smallest absolute Gasteiger partial charge is 0.274 e. The fraction of sp³-hybridized carbons (Fsp3) is 0.541. The molecule has 0 fully saturated rings. The zero-order chi connectivity index (χ0) is 33.1. The fourth-order valence-electron chi connectivity index (χ4n) is 5.77. The molecule has 1 aromatic heterocycles. The predicted octanol–water partition coefficient (Wildman–Crippen LogP) is 7.12. The van der Waals surface area contributed by atoms with Crippen LogP contribution in [0.1, 0.15) is 107 Å². The monoisotopic (exact) mass is 632 g/mol. The third kappa shape index (κ3) is 8.90. The quantitative estimate of drug-likeness (QED) is 0.153. The van der Waals surface area contributed by atoms with Crippen molar-refractivity contribution < 1.29 is 23.6 Å². The number of amides is 2. The molecule has 9 nitrogen and oxygen atoms in total. The SMILES string of the molecule is CCCCOc1cc(OCCCC)c(C(C)C)cc1-c1onc(C(=O)NCC)c1-c1ccc2c(c1)CCN(CCCNC(C)=O)C2. The van der Waals surface area contributed by atoms with Crippen LogP contribution in [0.4, 0.5) is 0 Å². The molecule has 46 heavy (non-hydrogen) atoms. The lowest BCUT2D eigenvalue weighted by Crippen LogP contribution is -2.33. The van der Waals surface area contributed by atoms with Crippen LogP contribution in [-0.4, -0.2) is 61.3 Å². The maximum atomic E-state index is 13.3. The molecule has 2 aromatic carbocycles. The summed E-state index contributed by atoms with van der Waals surface area (Å²) in [5.74, 6) is 1.93. The first-order valence-electron chi connectivity index (χ1n) is 17.1. The second kappa shape index (κ2) is 17.2. The third-order valence-corrected chi connectivity index (χ3v) is 8.35. The van der Waals surface area contributed by atoms with Crippen molar-refractivity contribution in [2.45, 2.75) is 92.5 Å². The number of hydrogen-bond donors (Lipinski definition) is 2. The Bertz CT molecular complexity index is 1460. The summed E-state index contributed by atoms with van der Waals surface area (Å²) in [6, 6.07) is 10.5. The van der Waals surface area contributed by atoms with Crippen LogP contribution in [0.25, 0.3) is 22.5 Å². The second-order valence-corrected chi connectivity index (χ2v) is 12.4. The van der Waals surface area contributed by atoms with Crippen LogP contribution in [-0.2, 0) is 17.8 Å². The van der Waals surface area contributed by atoms with E-state index in [0.717, 1.165) is 80.6 Å². The molecule has 4 rings (SSSR count). The van der Waals surface area contributed by atoms with Crippen molar-refractivity contribution in [2.75, 3.05) is 39.4 Å². The van der Waals surface area contributed by atoms with E-state index in [1.54, 1.807) is 6.92 Å². The van der Waals surface area contributed by atoms with Gasteiger partial charge in [0.2, 0.25) is 5.91 Å². The number of unbranched alkanes of at least 4 members (excludes halogenated alkanes) is 2. The molecule has 250 valence electrons. The van der Waals surface area contributed by atoms with Gasteiger partial charge in [-0.3, -0.25) is 14.5 Å². The molecule has 0 atom stereocenters. The van der Waals surface area contributed by atoms with Gasteiger partial charge in [0.15, 0.2) is 11.5 Å². The van der Waals surface area contributed by atoms with E-state index in [1.807, 2.05) is 13.0 Å². The van der Waals surface area contributed by atoms with Gasteiger partial charge >= 0.3 is 0 Å². The van der Waals surface area contributed by atoms with Gasteiger partial charge in [-0.05, 0) is 66.8 Å². The maximum Gasteiger partial charge on any atom is 0.274 e. The number of benzene rings is 2. The minimum atomic E-state index is -0.271. The molecule has 0 saturated carbocycles. The van der Waals surface area contributed by atoms with Crippen LogP contribution >= 0.6 is 0 Å². The predicted molar refractivity (Wildman–Crippen MR) is 183 cm³/mol. The summed E-state index contributed by atoms with van der Waals surface area (Å²) < 4.78 is 18.7. The molecule has 2 amide bonds. The summed E-state index contributed by atoms with van der Waals surface area (Å²) >= 11 is 0. The molecule has 0 unspecified atom stereocenters. The fourth-order valence-corrected chi connectivity index (χ4v) is 5.77. The topological polar surface area (TPSA) is 106 Å². The number of carbonyl (C=O) groups excluding carboxylic acids is 2. The van der Waals surface area contributed by atoms with Gasteiger partial charge in [-0.1, -0.05) is 63.9 Å². The Kier molecular flexibility index (Phi) is 13.1. The number of carbonyl (C=O) groups is 2. The summed E-state index contributed by atoms with van der Waals surface area (Å²) in [6.07, 6.45) is 5.76.